The summed E-state index contributed by atoms with van der Waals surface area (Å²) in [7, 11) is 0. The third kappa shape index (κ3) is 4.38. The minimum absolute atomic E-state index is 0.00649. The zero-order valence-corrected chi connectivity index (χ0v) is 15.0. The SMILES string of the molecule is C[C@@H]([NH2+]CC(=O)NCc1ccccc1Cl)c1cccc2ccccc12. The molecule has 1 atom stereocenters. The van der Waals surface area contributed by atoms with Gasteiger partial charge in [-0.3, -0.25) is 4.79 Å². The van der Waals surface area contributed by atoms with Crippen molar-refractivity contribution in [1.29, 1.82) is 0 Å². The number of rotatable bonds is 6. The van der Waals surface area contributed by atoms with Crippen molar-refractivity contribution in [3.8, 4) is 0 Å². The summed E-state index contributed by atoms with van der Waals surface area (Å²) < 4.78 is 0. The molecular formula is C21H22ClN2O+. The monoisotopic (exact) mass is 353 g/mol. The summed E-state index contributed by atoms with van der Waals surface area (Å²) >= 11 is 6.11. The molecule has 3 aromatic carbocycles. The summed E-state index contributed by atoms with van der Waals surface area (Å²) in [5.41, 5.74) is 2.18. The van der Waals surface area contributed by atoms with Crippen molar-refractivity contribution in [2.75, 3.05) is 6.54 Å². The number of quaternary nitrogens is 1. The summed E-state index contributed by atoms with van der Waals surface area (Å²) in [6, 6.07) is 22.4. The van der Waals surface area contributed by atoms with E-state index in [4.69, 9.17) is 11.6 Å². The number of amides is 1. The third-order valence-electron chi connectivity index (χ3n) is 4.40. The highest BCUT2D eigenvalue weighted by Crippen LogP contribution is 2.22. The fourth-order valence-electron chi connectivity index (χ4n) is 2.97. The number of halogens is 1. The highest BCUT2D eigenvalue weighted by atomic mass is 35.5. The lowest BCUT2D eigenvalue weighted by molar-refractivity contribution is -0.682. The molecule has 3 aromatic rings. The molecule has 0 heterocycles. The molecule has 0 aliphatic heterocycles. The average molecular weight is 354 g/mol. The minimum Gasteiger partial charge on any atom is -0.347 e. The molecule has 3 rings (SSSR count). The normalized spacial score (nSPS) is 12.1. The highest BCUT2D eigenvalue weighted by Gasteiger charge is 2.14. The molecule has 3 N–H and O–H groups in total. The molecule has 0 spiro atoms. The van der Waals surface area contributed by atoms with Gasteiger partial charge in [-0.25, -0.2) is 0 Å². The van der Waals surface area contributed by atoms with E-state index >= 15 is 0 Å². The lowest BCUT2D eigenvalue weighted by Gasteiger charge is -2.14. The van der Waals surface area contributed by atoms with Crippen molar-refractivity contribution in [3.05, 3.63) is 82.9 Å². The first-order chi connectivity index (χ1) is 12.1. The van der Waals surface area contributed by atoms with Crippen molar-refractivity contribution in [1.82, 2.24) is 5.32 Å². The van der Waals surface area contributed by atoms with Gasteiger partial charge in [0.15, 0.2) is 6.54 Å². The van der Waals surface area contributed by atoms with Gasteiger partial charge >= 0.3 is 0 Å². The van der Waals surface area contributed by atoms with E-state index in [1.807, 2.05) is 30.3 Å². The van der Waals surface area contributed by atoms with E-state index in [9.17, 15) is 4.79 Å². The Morgan fingerprint density at radius 1 is 1.04 bits per heavy atom. The molecule has 0 aromatic heterocycles. The van der Waals surface area contributed by atoms with Gasteiger partial charge in [-0.05, 0) is 29.3 Å². The van der Waals surface area contributed by atoms with E-state index in [-0.39, 0.29) is 11.9 Å². The van der Waals surface area contributed by atoms with Crippen LogP contribution in [0.3, 0.4) is 0 Å². The molecule has 0 radical (unpaired) electrons. The quantitative estimate of drug-likeness (QED) is 0.700. The first kappa shape index (κ1) is 17.5. The number of benzene rings is 3. The van der Waals surface area contributed by atoms with Gasteiger partial charge in [-0.15, -0.1) is 0 Å². The molecule has 0 aliphatic carbocycles. The Hall–Kier alpha value is -2.36. The van der Waals surface area contributed by atoms with Crippen LogP contribution >= 0.6 is 11.6 Å². The van der Waals surface area contributed by atoms with Gasteiger partial charge in [0.1, 0.15) is 6.04 Å². The Labute approximate surface area is 153 Å². The smallest absolute Gasteiger partial charge is 0.275 e. The van der Waals surface area contributed by atoms with Crippen LogP contribution in [0, 0.1) is 0 Å². The molecule has 0 unspecified atom stereocenters. The van der Waals surface area contributed by atoms with Crippen molar-refractivity contribution < 1.29 is 10.1 Å². The van der Waals surface area contributed by atoms with Crippen LogP contribution in [0.1, 0.15) is 24.1 Å². The Kier molecular flexibility index (Phi) is 5.69. The van der Waals surface area contributed by atoms with Crippen LogP contribution in [-0.2, 0) is 11.3 Å². The van der Waals surface area contributed by atoms with Gasteiger partial charge in [-0.1, -0.05) is 72.3 Å². The number of hydrogen-bond donors (Lipinski definition) is 2. The molecular weight excluding hydrogens is 332 g/mol. The maximum atomic E-state index is 12.1. The molecule has 0 aliphatic rings. The van der Waals surface area contributed by atoms with E-state index in [0.29, 0.717) is 18.1 Å². The lowest BCUT2D eigenvalue weighted by atomic mass is 10.00. The second-order valence-electron chi connectivity index (χ2n) is 6.17. The van der Waals surface area contributed by atoms with Gasteiger partial charge in [0, 0.05) is 17.1 Å². The van der Waals surface area contributed by atoms with Crippen LogP contribution in [0.25, 0.3) is 10.8 Å². The highest BCUT2D eigenvalue weighted by molar-refractivity contribution is 6.31. The minimum atomic E-state index is 0.00649. The maximum Gasteiger partial charge on any atom is 0.275 e. The Morgan fingerprint density at radius 2 is 1.76 bits per heavy atom. The molecule has 4 heteroatoms. The first-order valence-corrected chi connectivity index (χ1v) is 8.84. The van der Waals surface area contributed by atoms with Gasteiger partial charge in [-0.2, -0.15) is 0 Å². The second kappa shape index (κ2) is 8.15. The molecule has 3 nitrogen and oxygen atoms in total. The zero-order valence-electron chi connectivity index (χ0n) is 14.2. The molecule has 128 valence electrons. The largest absolute Gasteiger partial charge is 0.347 e. The number of carbonyl (C=O) groups excluding carboxylic acids is 1. The van der Waals surface area contributed by atoms with Crippen LogP contribution in [0.4, 0.5) is 0 Å². The van der Waals surface area contributed by atoms with Gasteiger partial charge in [0.2, 0.25) is 0 Å². The molecule has 0 fully saturated rings. The topological polar surface area (TPSA) is 45.7 Å². The molecule has 0 saturated heterocycles. The van der Waals surface area contributed by atoms with Crippen LogP contribution in [-0.4, -0.2) is 12.5 Å². The summed E-state index contributed by atoms with van der Waals surface area (Å²) in [5.74, 6) is 0.00649. The third-order valence-corrected chi connectivity index (χ3v) is 4.77. The number of nitrogens with one attached hydrogen (secondary N) is 1. The number of nitrogens with two attached hydrogens (primary N) is 1. The summed E-state index contributed by atoms with van der Waals surface area (Å²) in [4.78, 5) is 12.1. The van der Waals surface area contributed by atoms with Crippen molar-refractivity contribution in [3.63, 3.8) is 0 Å². The van der Waals surface area contributed by atoms with Crippen molar-refractivity contribution >= 4 is 28.3 Å². The molecule has 0 saturated carbocycles. The van der Waals surface area contributed by atoms with E-state index in [0.717, 1.165) is 5.56 Å². The number of fused-ring (bicyclic) bond motifs is 1. The van der Waals surface area contributed by atoms with E-state index < -0.39 is 0 Å². The van der Waals surface area contributed by atoms with Crippen molar-refractivity contribution in [2.45, 2.75) is 19.5 Å². The van der Waals surface area contributed by atoms with Crippen LogP contribution in [0.2, 0.25) is 5.02 Å². The Balaban J connectivity index is 1.57. The van der Waals surface area contributed by atoms with E-state index in [2.05, 4.69) is 54.0 Å². The Bertz CT molecular complexity index is 873. The second-order valence-corrected chi connectivity index (χ2v) is 6.57. The van der Waals surface area contributed by atoms with Gasteiger partial charge in [0.05, 0.1) is 0 Å². The number of carbonyl (C=O) groups is 1. The average Bonchev–Trinajstić information content (AvgIpc) is 2.65. The standard InChI is InChI=1S/C21H21ClN2O/c1-15(18-11-6-9-16-7-2-4-10-19(16)18)23-14-21(25)24-13-17-8-3-5-12-20(17)22/h2-12,15,23H,13-14H2,1H3,(H,24,25)/p+1/t15-/m1/s1. The zero-order chi connectivity index (χ0) is 17.6. The van der Waals surface area contributed by atoms with Gasteiger partial charge < -0.3 is 10.6 Å². The molecule has 25 heavy (non-hydrogen) atoms. The summed E-state index contributed by atoms with van der Waals surface area (Å²) in [5, 5.41) is 8.13. The van der Waals surface area contributed by atoms with Gasteiger partial charge in [0.25, 0.3) is 5.91 Å². The predicted molar refractivity (Wildman–Crippen MR) is 102 cm³/mol. The Morgan fingerprint density at radius 3 is 2.60 bits per heavy atom. The van der Waals surface area contributed by atoms with Crippen LogP contribution in [0.5, 0.6) is 0 Å². The summed E-state index contributed by atoms with van der Waals surface area (Å²) in [6.07, 6.45) is 0. The summed E-state index contributed by atoms with van der Waals surface area (Å²) in [6.45, 7) is 2.97. The van der Waals surface area contributed by atoms with E-state index in [1.54, 1.807) is 0 Å². The van der Waals surface area contributed by atoms with Crippen LogP contribution < -0.4 is 10.6 Å². The first-order valence-electron chi connectivity index (χ1n) is 8.46. The van der Waals surface area contributed by atoms with Crippen LogP contribution in [0.15, 0.2) is 66.7 Å². The fraction of sp³-hybridized carbons (Fsp3) is 0.190. The molecule has 0 bridgehead atoms. The predicted octanol–water partition coefficient (Wildman–Crippen LogP) is 3.43. The van der Waals surface area contributed by atoms with Crippen molar-refractivity contribution in [2.24, 2.45) is 0 Å². The maximum absolute atomic E-state index is 12.1. The fourth-order valence-corrected chi connectivity index (χ4v) is 3.17. The molecule has 1 amide bonds. The number of hydrogen-bond acceptors (Lipinski definition) is 1. The lowest BCUT2D eigenvalue weighted by Crippen LogP contribution is -2.87. The van der Waals surface area contributed by atoms with E-state index in [1.165, 1.54) is 16.3 Å².